The molecule has 0 aromatic heterocycles. The van der Waals surface area contributed by atoms with Crippen molar-refractivity contribution in [1.29, 1.82) is 0 Å². The maximum Gasteiger partial charge on any atom is 0.243 e. The number of carbonyl (C=O) groups is 1. The van der Waals surface area contributed by atoms with Crippen molar-refractivity contribution in [2.45, 2.75) is 6.61 Å². The molecule has 0 bridgehead atoms. The van der Waals surface area contributed by atoms with Crippen molar-refractivity contribution < 1.29 is 9.53 Å². The molecule has 1 heterocycles. The number of carbonyl (C=O) groups excluding carboxylic acids is 1. The highest BCUT2D eigenvalue weighted by molar-refractivity contribution is 8.24. The third-order valence-electron chi connectivity index (χ3n) is 3.09. The van der Waals surface area contributed by atoms with Gasteiger partial charge in [0, 0.05) is 0 Å². The number of thioether (sulfide) groups is 1. The van der Waals surface area contributed by atoms with Crippen LogP contribution in [-0.2, 0) is 11.4 Å². The molecule has 1 fully saturated rings. The second-order valence-corrected chi connectivity index (χ2v) is 6.16. The smallest absolute Gasteiger partial charge is 0.243 e. The predicted molar refractivity (Wildman–Crippen MR) is 89.8 cm³/mol. The number of hydrogen-bond donors (Lipinski definition) is 0. The first-order valence-corrected chi connectivity index (χ1v) is 7.90. The van der Waals surface area contributed by atoms with E-state index in [1.807, 2.05) is 54.6 Å². The lowest BCUT2D eigenvalue weighted by Gasteiger charge is -2.15. The Hall–Kier alpha value is -1.85. The monoisotopic (exact) mass is 315 g/mol. The quantitative estimate of drug-likeness (QED) is 0.806. The first-order valence-electron chi connectivity index (χ1n) is 6.50. The largest absolute Gasteiger partial charge is 0.489 e. The Balaban J connectivity index is 1.67. The molecule has 5 heteroatoms. The number of ether oxygens (including phenoxy) is 1. The van der Waals surface area contributed by atoms with Crippen LogP contribution in [0.3, 0.4) is 0 Å². The Morgan fingerprint density at radius 2 is 1.81 bits per heavy atom. The zero-order valence-electron chi connectivity index (χ0n) is 11.2. The van der Waals surface area contributed by atoms with Crippen molar-refractivity contribution >= 4 is 39.9 Å². The second kappa shape index (κ2) is 6.28. The van der Waals surface area contributed by atoms with Gasteiger partial charge in [0.2, 0.25) is 5.91 Å². The van der Waals surface area contributed by atoms with Gasteiger partial charge in [0.1, 0.15) is 16.7 Å². The van der Waals surface area contributed by atoms with Crippen LogP contribution in [0.1, 0.15) is 5.56 Å². The summed E-state index contributed by atoms with van der Waals surface area (Å²) >= 11 is 6.58. The molecule has 0 radical (unpaired) electrons. The van der Waals surface area contributed by atoms with Gasteiger partial charge >= 0.3 is 0 Å². The molecule has 1 aliphatic heterocycles. The molecule has 0 N–H and O–H groups in total. The van der Waals surface area contributed by atoms with Crippen molar-refractivity contribution in [3.63, 3.8) is 0 Å². The van der Waals surface area contributed by atoms with Crippen LogP contribution in [-0.4, -0.2) is 16.0 Å². The first kappa shape index (κ1) is 14.1. The van der Waals surface area contributed by atoms with E-state index in [-0.39, 0.29) is 5.91 Å². The summed E-state index contributed by atoms with van der Waals surface area (Å²) in [7, 11) is 0. The lowest BCUT2D eigenvalue weighted by molar-refractivity contribution is -0.115. The summed E-state index contributed by atoms with van der Waals surface area (Å²) in [6.07, 6.45) is 0. The Bertz CT molecular complexity index is 640. The van der Waals surface area contributed by atoms with E-state index in [9.17, 15) is 4.79 Å². The van der Waals surface area contributed by atoms with Crippen molar-refractivity contribution in [3.05, 3.63) is 60.2 Å². The summed E-state index contributed by atoms with van der Waals surface area (Å²) in [6, 6.07) is 17.4. The number of thiocarbonyl (C=S) groups is 1. The highest BCUT2D eigenvalue weighted by Crippen LogP contribution is 2.28. The highest BCUT2D eigenvalue weighted by Gasteiger charge is 2.27. The Kier molecular flexibility index (Phi) is 4.22. The van der Waals surface area contributed by atoms with Crippen molar-refractivity contribution in [2.75, 3.05) is 10.7 Å². The van der Waals surface area contributed by atoms with E-state index in [1.54, 1.807) is 4.90 Å². The van der Waals surface area contributed by atoms with Gasteiger partial charge in [-0.2, -0.15) is 0 Å². The van der Waals surface area contributed by atoms with Gasteiger partial charge in [0.05, 0.1) is 11.4 Å². The van der Waals surface area contributed by atoms with Crippen LogP contribution >= 0.6 is 24.0 Å². The van der Waals surface area contributed by atoms with E-state index in [1.165, 1.54) is 11.8 Å². The van der Waals surface area contributed by atoms with Gasteiger partial charge in [-0.05, 0) is 29.8 Å². The maximum atomic E-state index is 11.8. The van der Waals surface area contributed by atoms with E-state index in [0.29, 0.717) is 16.7 Å². The third kappa shape index (κ3) is 3.25. The van der Waals surface area contributed by atoms with Gasteiger partial charge in [-0.15, -0.1) is 0 Å². The van der Waals surface area contributed by atoms with E-state index in [0.717, 1.165) is 17.0 Å². The first-order chi connectivity index (χ1) is 10.2. The highest BCUT2D eigenvalue weighted by atomic mass is 32.2. The van der Waals surface area contributed by atoms with E-state index >= 15 is 0 Å². The summed E-state index contributed by atoms with van der Waals surface area (Å²) in [5.74, 6) is 1.22. The van der Waals surface area contributed by atoms with Crippen LogP contribution in [0, 0.1) is 0 Å². The maximum absolute atomic E-state index is 11.8. The normalized spacial score (nSPS) is 14.6. The molecule has 2 aromatic rings. The number of benzene rings is 2. The number of hydrogen-bond acceptors (Lipinski definition) is 4. The van der Waals surface area contributed by atoms with Gasteiger partial charge in [-0.1, -0.05) is 54.3 Å². The SMILES string of the molecule is O=C1CSC(=S)N1c1ccc(OCc2ccccc2)cc1. The molecule has 0 spiro atoms. The van der Waals surface area contributed by atoms with Crippen LogP contribution in [0.25, 0.3) is 0 Å². The lowest BCUT2D eigenvalue weighted by Crippen LogP contribution is -2.27. The molecule has 21 heavy (non-hydrogen) atoms. The average Bonchev–Trinajstić information content (AvgIpc) is 2.86. The summed E-state index contributed by atoms with van der Waals surface area (Å²) < 4.78 is 6.33. The third-order valence-corrected chi connectivity index (χ3v) is 4.45. The Labute approximate surface area is 132 Å². The van der Waals surface area contributed by atoms with E-state index in [4.69, 9.17) is 17.0 Å². The zero-order valence-corrected chi connectivity index (χ0v) is 12.8. The molecule has 0 saturated carbocycles. The summed E-state index contributed by atoms with van der Waals surface area (Å²) in [4.78, 5) is 13.3. The number of nitrogens with zero attached hydrogens (tertiary/aromatic N) is 1. The molecule has 106 valence electrons. The summed E-state index contributed by atoms with van der Waals surface area (Å²) in [5, 5.41) is 0. The van der Waals surface area contributed by atoms with Crippen molar-refractivity contribution in [2.24, 2.45) is 0 Å². The van der Waals surface area contributed by atoms with Crippen LogP contribution in [0.15, 0.2) is 54.6 Å². The molecule has 2 aromatic carbocycles. The fourth-order valence-corrected chi connectivity index (χ4v) is 3.13. The molecule has 0 unspecified atom stereocenters. The molecule has 1 amide bonds. The number of rotatable bonds is 4. The van der Waals surface area contributed by atoms with Gasteiger partial charge in [0.25, 0.3) is 0 Å². The average molecular weight is 315 g/mol. The molecular formula is C16H13NO2S2. The predicted octanol–water partition coefficient (Wildman–Crippen LogP) is 3.63. The fourth-order valence-electron chi connectivity index (χ4n) is 2.04. The van der Waals surface area contributed by atoms with Crippen molar-refractivity contribution in [3.8, 4) is 5.75 Å². The minimum Gasteiger partial charge on any atom is -0.489 e. The Morgan fingerprint density at radius 1 is 1.10 bits per heavy atom. The summed E-state index contributed by atoms with van der Waals surface area (Å²) in [5.41, 5.74) is 1.91. The minimum atomic E-state index is 0.0305. The van der Waals surface area contributed by atoms with E-state index < -0.39 is 0 Å². The van der Waals surface area contributed by atoms with Crippen LogP contribution < -0.4 is 9.64 Å². The molecule has 1 aliphatic rings. The van der Waals surface area contributed by atoms with Gasteiger partial charge in [-0.25, -0.2) is 0 Å². The van der Waals surface area contributed by atoms with E-state index in [2.05, 4.69) is 0 Å². The topological polar surface area (TPSA) is 29.5 Å². The van der Waals surface area contributed by atoms with Gasteiger partial charge in [-0.3, -0.25) is 9.69 Å². The van der Waals surface area contributed by atoms with Gasteiger partial charge < -0.3 is 4.74 Å². The summed E-state index contributed by atoms with van der Waals surface area (Å²) in [6.45, 7) is 0.525. The second-order valence-electron chi connectivity index (χ2n) is 4.55. The standard InChI is InChI=1S/C16H13NO2S2/c18-15-11-21-16(20)17(15)13-6-8-14(9-7-13)19-10-12-4-2-1-3-5-12/h1-9H,10-11H2. The minimum absolute atomic E-state index is 0.0305. The van der Waals surface area contributed by atoms with Crippen LogP contribution in [0.2, 0.25) is 0 Å². The number of anilines is 1. The molecule has 0 aliphatic carbocycles. The molecule has 1 saturated heterocycles. The Morgan fingerprint density at radius 3 is 2.43 bits per heavy atom. The van der Waals surface area contributed by atoms with Gasteiger partial charge in [0.15, 0.2) is 0 Å². The number of amides is 1. The van der Waals surface area contributed by atoms with Crippen LogP contribution in [0.4, 0.5) is 5.69 Å². The van der Waals surface area contributed by atoms with Crippen LogP contribution in [0.5, 0.6) is 5.75 Å². The molecule has 0 atom stereocenters. The molecule has 3 nitrogen and oxygen atoms in total. The molecule has 3 rings (SSSR count). The fraction of sp³-hybridized carbons (Fsp3) is 0.125. The van der Waals surface area contributed by atoms with Crippen molar-refractivity contribution in [1.82, 2.24) is 0 Å². The molecular weight excluding hydrogens is 302 g/mol. The lowest BCUT2D eigenvalue weighted by atomic mass is 10.2. The zero-order chi connectivity index (χ0) is 14.7.